The van der Waals surface area contributed by atoms with Gasteiger partial charge in [0.15, 0.2) is 0 Å². The normalized spacial score (nSPS) is 18.2. The van der Waals surface area contributed by atoms with Crippen LogP contribution in [-0.4, -0.2) is 54.2 Å². The largest absolute Gasteiger partial charge is 0.490 e. The summed E-state index contributed by atoms with van der Waals surface area (Å²) in [5.74, 6) is 1.02. The summed E-state index contributed by atoms with van der Waals surface area (Å²) in [4.78, 5) is 18.2. The van der Waals surface area contributed by atoms with E-state index < -0.39 is 0 Å². The van der Waals surface area contributed by atoms with E-state index >= 15 is 0 Å². The molecule has 5 heteroatoms. The lowest BCUT2D eigenvalue weighted by Gasteiger charge is -2.32. The van der Waals surface area contributed by atoms with Crippen LogP contribution in [0.1, 0.15) is 41.6 Å². The van der Waals surface area contributed by atoms with Gasteiger partial charge in [-0.2, -0.15) is 0 Å². The number of carbonyl (C=O) groups excluding carboxylic acids is 1. The number of hydrogen-bond acceptors (Lipinski definition) is 4. The van der Waals surface area contributed by atoms with Crippen LogP contribution in [0.4, 0.5) is 0 Å². The van der Waals surface area contributed by atoms with E-state index in [2.05, 4.69) is 35.4 Å². The number of piperidine rings is 1. The lowest BCUT2D eigenvalue weighted by atomic mass is 10.1. The number of benzene rings is 2. The smallest absolute Gasteiger partial charge is 0.253 e. The van der Waals surface area contributed by atoms with Crippen molar-refractivity contribution in [2.75, 3.05) is 32.4 Å². The molecule has 0 saturated carbocycles. The molecule has 2 fully saturated rings. The Morgan fingerprint density at radius 3 is 2.45 bits per heavy atom. The van der Waals surface area contributed by atoms with Crippen molar-refractivity contribution in [1.29, 1.82) is 0 Å². The maximum atomic E-state index is 12.5. The molecule has 1 amide bonds. The number of ether oxygens (including phenoxy) is 1. The van der Waals surface area contributed by atoms with Crippen LogP contribution >= 0.6 is 11.8 Å². The topological polar surface area (TPSA) is 32.8 Å². The van der Waals surface area contributed by atoms with Crippen LogP contribution in [0.15, 0.2) is 53.4 Å². The minimum atomic E-state index is 0.146. The summed E-state index contributed by atoms with van der Waals surface area (Å²) in [5.41, 5.74) is 2.15. The predicted octanol–water partition coefficient (Wildman–Crippen LogP) is 4.69. The van der Waals surface area contributed by atoms with Crippen molar-refractivity contribution in [1.82, 2.24) is 9.80 Å². The minimum Gasteiger partial charge on any atom is -0.490 e. The second-order valence-corrected chi connectivity index (χ2v) is 8.85. The third-order valence-electron chi connectivity index (χ3n) is 5.87. The fraction of sp³-hybridized carbons (Fsp3) is 0.458. The van der Waals surface area contributed by atoms with Crippen molar-refractivity contribution in [3.8, 4) is 5.75 Å². The molecule has 0 aliphatic carbocycles. The SMILES string of the molecule is CSc1cccc(CN2CCC(Oc3ccc(C(=O)N4CCCC4)cc3)CC2)c1. The van der Waals surface area contributed by atoms with Gasteiger partial charge >= 0.3 is 0 Å². The average Bonchev–Trinajstić information content (AvgIpc) is 3.30. The molecule has 2 heterocycles. The number of nitrogens with zero attached hydrogens (tertiary/aromatic N) is 2. The summed E-state index contributed by atoms with van der Waals surface area (Å²) in [6.07, 6.45) is 6.69. The van der Waals surface area contributed by atoms with Crippen LogP contribution < -0.4 is 4.74 Å². The van der Waals surface area contributed by atoms with Crippen molar-refractivity contribution in [3.05, 3.63) is 59.7 Å². The molecule has 4 nitrogen and oxygen atoms in total. The van der Waals surface area contributed by atoms with E-state index in [0.717, 1.165) is 69.7 Å². The molecular weight excluding hydrogens is 380 g/mol. The van der Waals surface area contributed by atoms with Gasteiger partial charge in [0.05, 0.1) is 0 Å². The quantitative estimate of drug-likeness (QED) is 0.647. The van der Waals surface area contributed by atoms with Crippen LogP contribution in [-0.2, 0) is 6.54 Å². The van der Waals surface area contributed by atoms with Gasteiger partial charge in [-0.25, -0.2) is 0 Å². The summed E-state index contributed by atoms with van der Waals surface area (Å²) in [6, 6.07) is 16.5. The van der Waals surface area contributed by atoms with Crippen LogP contribution in [0.25, 0.3) is 0 Å². The molecule has 0 radical (unpaired) electrons. The van der Waals surface area contributed by atoms with E-state index in [1.54, 1.807) is 11.8 Å². The molecule has 0 unspecified atom stereocenters. The number of hydrogen-bond donors (Lipinski definition) is 0. The molecule has 2 aromatic carbocycles. The van der Waals surface area contributed by atoms with E-state index in [9.17, 15) is 4.79 Å². The maximum Gasteiger partial charge on any atom is 0.253 e. The van der Waals surface area contributed by atoms with Gasteiger partial charge in [0, 0.05) is 43.2 Å². The Kier molecular flexibility index (Phi) is 6.78. The van der Waals surface area contributed by atoms with Gasteiger partial charge in [-0.1, -0.05) is 12.1 Å². The van der Waals surface area contributed by atoms with Gasteiger partial charge < -0.3 is 9.64 Å². The lowest BCUT2D eigenvalue weighted by molar-refractivity contribution is 0.0792. The van der Waals surface area contributed by atoms with Crippen molar-refractivity contribution in [3.63, 3.8) is 0 Å². The number of amides is 1. The minimum absolute atomic E-state index is 0.146. The first-order valence-corrected chi connectivity index (χ1v) is 11.8. The van der Waals surface area contributed by atoms with Gasteiger partial charge in [-0.15, -0.1) is 11.8 Å². The Morgan fingerprint density at radius 1 is 1.03 bits per heavy atom. The Balaban J connectivity index is 1.25. The monoisotopic (exact) mass is 410 g/mol. The number of rotatable bonds is 6. The Labute approximate surface area is 178 Å². The van der Waals surface area contributed by atoms with Gasteiger partial charge in [0.2, 0.25) is 0 Å². The Morgan fingerprint density at radius 2 is 1.76 bits per heavy atom. The first-order valence-electron chi connectivity index (χ1n) is 10.6. The highest BCUT2D eigenvalue weighted by molar-refractivity contribution is 7.98. The van der Waals surface area contributed by atoms with Crippen LogP contribution in [0.2, 0.25) is 0 Å². The molecule has 2 aliphatic heterocycles. The van der Waals surface area contributed by atoms with E-state index in [-0.39, 0.29) is 12.0 Å². The molecule has 2 saturated heterocycles. The van der Waals surface area contributed by atoms with Crippen LogP contribution in [0, 0.1) is 0 Å². The summed E-state index contributed by atoms with van der Waals surface area (Å²) in [7, 11) is 0. The molecule has 154 valence electrons. The van der Waals surface area contributed by atoms with E-state index in [0.29, 0.717) is 0 Å². The first-order chi connectivity index (χ1) is 14.2. The average molecular weight is 411 g/mol. The molecule has 4 rings (SSSR count). The fourth-order valence-electron chi connectivity index (χ4n) is 4.19. The third-order valence-corrected chi connectivity index (χ3v) is 6.60. The van der Waals surface area contributed by atoms with Gasteiger partial charge in [-0.05, 0) is 73.9 Å². The van der Waals surface area contributed by atoms with Crippen molar-refractivity contribution >= 4 is 17.7 Å². The van der Waals surface area contributed by atoms with Crippen molar-refractivity contribution < 1.29 is 9.53 Å². The molecule has 0 bridgehead atoms. The molecule has 0 spiro atoms. The first kappa shape index (κ1) is 20.3. The molecular formula is C24H30N2O2S. The summed E-state index contributed by atoms with van der Waals surface area (Å²) < 4.78 is 6.20. The van der Waals surface area contributed by atoms with Gasteiger partial charge in [-0.3, -0.25) is 9.69 Å². The van der Waals surface area contributed by atoms with E-state index in [1.807, 2.05) is 29.2 Å². The summed E-state index contributed by atoms with van der Waals surface area (Å²) in [5, 5.41) is 0. The number of carbonyl (C=O) groups is 1. The van der Waals surface area contributed by atoms with Gasteiger partial charge in [0.1, 0.15) is 11.9 Å². The summed E-state index contributed by atoms with van der Waals surface area (Å²) >= 11 is 1.79. The summed E-state index contributed by atoms with van der Waals surface area (Å²) in [6.45, 7) is 4.89. The molecule has 0 N–H and O–H groups in total. The highest BCUT2D eigenvalue weighted by Gasteiger charge is 2.22. The van der Waals surface area contributed by atoms with Gasteiger partial charge in [0.25, 0.3) is 5.91 Å². The lowest BCUT2D eigenvalue weighted by Crippen LogP contribution is -2.37. The molecule has 0 atom stereocenters. The zero-order chi connectivity index (χ0) is 20.1. The molecule has 0 aromatic heterocycles. The second-order valence-electron chi connectivity index (χ2n) is 7.97. The van der Waals surface area contributed by atoms with Crippen molar-refractivity contribution in [2.45, 2.75) is 43.2 Å². The maximum absolute atomic E-state index is 12.5. The number of thioether (sulfide) groups is 1. The second kappa shape index (κ2) is 9.68. The van der Waals surface area contributed by atoms with E-state index in [4.69, 9.17) is 4.74 Å². The Bertz CT molecular complexity index is 810. The predicted molar refractivity (Wildman–Crippen MR) is 119 cm³/mol. The third kappa shape index (κ3) is 5.34. The Hall–Kier alpha value is -1.98. The highest BCUT2D eigenvalue weighted by atomic mass is 32.2. The number of likely N-dealkylation sites (tertiary alicyclic amines) is 2. The molecule has 2 aliphatic rings. The van der Waals surface area contributed by atoms with Crippen LogP contribution in [0.5, 0.6) is 5.75 Å². The highest BCUT2D eigenvalue weighted by Crippen LogP contribution is 2.23. The molecule has 29 heavy (non-hydrogen) atoms. The zero-order valence-electron chi connectivity index (χ0n) is 17.2. The van der Waals surface area contributed by atoms with Crippen molar-refractivity contribution in [2.24, 2.45) is 0 Å². The zero-order valence-corrected chi connectivity index (χ0v) is 18.0. The van der Waals surface area contributed by atoms with E-state index in [1.165, 1.54) is 10.5 Å². The standard InChI is InChI=1S/C24H30N2O2S/c1-29-23-6-4-5-19(17-23)18-25-15-11-22(12-16-25)28-21-9-7-20(8-10-21)24(27)26-13-2-3-14-26/h4-10,17,22H,2-3,11-16,18H2,1H3. The van der Waals surface area contributed by atoms with Crippen LogP contribution in [0.3, 0.4) is 0 Å². The fourth-order valence-corrected chi connectivity index (χ4v) is 4.67. The molecule has 2 aromatic rings.